The fraction of sp³-hybridized carbons (Fsp3) is 0.438. The van der Waals surface area contributed by atoms with Crippen LogP contribution in [0.5, 0.6) is 0 Å². The quantitative estimate of drug-likeness (QED) is 0.915. The molecule has 19 heavy (non-hydrogen) atoms. The van der Waals surface area contributed by atoms with Crippen molar-refractivity contribution >= 4 is 0 Å². The van der Waals surface area contributed by atoms with Crippen LogP contribution in [0.2, 0.25) is 0 Å². The number of hydrogen-bond acceptors (Lipinski definition) is 2. The molecule has 100 valence electrons. The first-order valence-electron chi connectivity index (χ1n) is 7.13. The second kappa shape index (κ2) is 5.17. The number of imidazole rings is 1. The lowest BCUT2D eigenvalue weighted by Crippen LogP contribution is -2.07. The minimum Gasteiger partial charge on any atom is -0.388 e. The summed E-state index contributed by atoms with van der Waals surface area (Å²) in [6.45, 7) is 1.99. The minimum absolute atomic E-state index is 0.356. The van der Waals surface area contributed by atoms with Gasteiger partial charge in [-0.05, 0) is 49.8 Å². The first-order valence-corrected chi connectivity index (χ1v) is 7.13. The van der Waals surface area contributed by atoms with Crippen molar-refractivity contribution in [3.8, 4) is 5.69 Å². The zero-order chi connectivity index (χ0) is 13.2. The summed E-state index contributed by atoms with van der Waals surface area (Å²) in [7, 11) is 0. The molecule has 1 atom stereocenters. The monoisotopic (exact) mass is 256 g/mol. The molecule has 0 amide bonds. The molecule has 3 rings (SSSR count). The number of aryl methyl sites for hydroxylation is 1. The zero-order valence-corrected chi connectivity index (χ0v) is 11.3. The van der Waals surface area contributed by atoms with Crippen molar-refractivity contribution in [1.82, 2.24) is 9.55 Å². The lowest BCUT2D eigenvalue weighted by molar-refractivity contribution is 0.173. The number of rotatable bonds is 3. The molecular formula is C16H20N2O. The largest absolute Gasteiger partial charge is 0.388 e. The van der Waals surface area contributed by atoms with Crippen LogP contribution >= 0.6 is 0 Å². The molecule has 0 fully saturated rings. The van der Waals surface area contributed by atoms with E-state index in [1.54, 1.807) is 0 Å². The van der Waals surface area contributed by atoms with Crippen molar-refractivity contribution in [2.24, 2.45) is 0 Å². The molecule has 0 spiro atoms. The Bertz CT molecular complexity index is 557. The molecule has 0 unspecified atom stereocenters. The molecule has 0 radical (unpaired) electrons. The van der Waals surface area contributed by atoms with Gasteiger partial charge in [0.15, 0.2) is 0 Å². The van der Waals surface area contributed by atoms with E-state index in [4.69, 9.17) is 0 Å². The molecule has 1 aromatic heterocycles. The van der Waals surface area contributed by atoms with E-state index in [-0.39, 0.29) is 6.10 Å². The van der Waals surface area contributed by atoms with Gasteiger partial charge in [0.1, 0.15) is 0 Å². The third-order valence-electron chi connectivity index (χ3n) is 3.97. The SMILES string of the molecule is CC[C@H](O)c1ccc(-n2cnc3c2CCCC3)cc1. The van der Waals surface area contributed by atoms with Gasteiger partial charge in [0.05, 0.1) is 18.1 Å². The fourth-order valence-corrected chi connectivity index (χ4v) is 2.78. The number of aliphatic hydroxyl groups is 1. The van der Waals surface area contributed by atoms with Crippen molar-refractivity contribution in [3.05, 3.63) is 47.5 Å². The molecule has 1 aliphatic carbocycles. The van der Waals surface area contributed by atoms with Crippen LogP contribution in [0.25, 0.3) is 5.69 Å². The predicted octanol–water partition coefficient (Wildman–Crippen LogP) is 3.19. The molecule has 0 aliphatic heterocycles. The van der Waals surface area contributed by atoms with E-state index in [0.29, 0.717) is 0 Å². The van der Waals surface area contributed by atoms with Crippen LogP contribution < -0.4 is 0 Å². The lowest BCUT2D eigenvalue weighted by Gasteiger charge is -2.15. The van der Waals surface area contributed by atoms with E-state index in [1.807, 2.05) is 25.4 Å². The number of aliphatic hydroxyl groups excluding tert-OH is 1. The highest BCUT2D eigenvalue weighted by molar-refractivity contribution is 5.38. The highest BCUT2D eigenvalue weighted by Gasteiger charge is 2.16. The summed E-state index contributed by atoms with van der Waals surface area (Å²) in [6.07, 6.45) is 7.06. The fourth-order valence-electron chi connectivity index (χ4n) is 2.78. The van der Waals surface area contributed by atoms with Crippen LogP contribution in [0.3, 0.4) is 0 Å². The Morgan fingerprint density at radius 1 is 1.21 bits per heavy atom. The molecule has 3 nitrogen and oxygen atoms in total. The van der Waals surface area contributed by atoms with E-state index in [1.165, 1.54) is 24.2 Å². The number of aromatic nitrogens is 2. The van der Waals surface area contributed by atoms with E-state index >= 15 is 0 Å². The summed E-state index contributed by atoms with van der Waals surface area (Å²) < 4.78 is 2.19. The Labute approximate surface area is 113 Å². The maximum absolute atomic E-state index is 9.82. The average Bonchev–Trinajstić information content (AvgIpc) is 2.90. The van der Waals surface area contributed by atoms with Gasteiger partial charge in [-0.15, -0.1) is 0 Å². The van der Waals surface area contributed by atoms with Crippen LogP contribution in [0, 0.1) is 0 Å². The van der Waals surface area contributed by atoms with E-state index < -0.39 is 0 Å². The van der Waals surface area contributed by atoms with Crippen LogP contribution in [0.1, 0.15) is 49.2 Å². The second-order valence-corrected chi connectivity index (χ2v) is 5.23. The van der Waals surface area contributed by atoms with Crippen LogP contribution in [-0.2, 0) is 12.8 Å². The summed E-state index contributed by atoms with van der Waals surface area (Å²) in [6, 6.07) is 8.17. The molecule has 1 heterocycles. The van der Waals surface area contributed by atoms with Gasteiger partial charge >= 0.3 is 0 Å². The smallest absolute Gasteiger partial charge is 0.0997 e. The van der Waals surface area contributed by atoms with Gasteiger partial charge in [0.25, 0.3) is 0 Å². The van der Waals surface area contributed by atoms with Crippen molar-refractivity contribution < 1.29 is 5.11 Å². The Hall–Kier alpha value is -1.61. The molecule has 3 heteroatoms. The molecule has 0 saturated carbocycles. The van der Waals surface area contributed by atoms with Gasteiger partial charge in [-0.25, -0.2) is 4.98 Å². The summed E-state index contributed by atoms with van der Waals surface area (Å²) in [5.41, 5.74) is 4.74. The summed E-state index contributed by atoms with van der Waals surface area (Å²) in [5, 5.41) is 9.82. The molecule has 0 bridgehead atoms. The maximum Gasteiger partial charge on any atom is 0.0997 e. The van der Waals surface area contributed by atoms with Crippen LogP contribution in [-0.4, -0.2) is 14.7 Å². The van der Waals surface area contributed by atoms with Gasteiger partial charge < -0.3 is 9.67 Å². The molecule has 1 aliphatic rings. The Balaban J connectivity index is 1.92. The molecular weight excluding hydrogens is 236 g/mol. The zero-order valence-electron chi connectivity index (χ0n) is 11.3. The van der Waals surface area contributed by atoms with Gasteiger partial charge in [-0.1, -0.05) is 19.1 Å². The third kappa shape index (κ3) is 2.30. The topological polar surface area (TPSA) is 38.0 Å². The van der Waals surface area contributed by atoms with E-state index in [9.17, 15) is 5.11 Å². The Morgan fingerprint density at radius 3 is 2.68 bits per heavy atom. The van der Waals surface area contributed by atoms with Crippen LogP contribution in [0.15, 0.2) is 30.6 Å². The second-order valence-electron chi connectivity index (χ2n) is 5.23. The predicted molar refractivity (Wildman–Crippen MR) is 75.5 cm³/mol. The molecule has 1 N–H and O–H groups in total. The van der Waals surface area contributed by atoms with Gasteiger partial charge in [-0.3, -0.25) is 0 Å². The van der Waals surface area contributed by atoms with Gasteiger partial charge in [0.2, 0.25) is 0 Å². The number of hydrogen-bond donors (Lipinski definition) is 1. The highest BCUT2D eigenvalue weighted by Crippen LogP contribution is 2.24. The van der Waals surface area contributed by atoms with Crippen molar-refractivity contribution in [1.29, 1.82) is 0 Å². The molecule has 2 aromatic rings. The normalized spacial score (nSPS) is 16.1. The molecule has 1 aromatic carbocycles. The summed E-state index contributed by atoms with van der Waals surface area (Å²) >= 11 is 0. The van der Waals surface area contributed by atoms with Crippen molar-refractivity contribution in [3.63, 3.8) is 0 Å². The molecule has 0 saturated heterocycles. The highest BCUT2D eigenvalue weighted by atomic mass is 16.3. The van der Waals surface area contributed by atoms with Crippen LogP contribution in [0.4, 0.5) is 0 Å². The lowest BCUT2D eigenvalue weighted by atomic mass is 10.0. The first kappa shape index (κ1) is 12.4. The summed E-state index contributed by atoms with van der Waals surface area (Å²) in [4.78, 5) is 4.52. The van der Waals surface area contributed by atoms with Crippen molar-refractivity contribution in [2.75, 3.05) is 0 Å². The Kier molecular flexibility index (Phi) is 3.38. The average molecular weight is 256 g/mol. The number of fused-ring (bicyclic) bond motifs is 1. The number of nitrogens with zero attached hydrogens (tertiary/aromatic N) is 2. The number of benzene rings is 1. The van der Waals surface area contributed by atoms with Gasteiger partial charge in [0, 0.05) is 11.4 Å². The maximum atomic E-state index is 9.82. The first-order chi connectivity index (χ1) is 9.29. The Morgan fingerprint density at radius 2 is 1.95 bits per heavy atom. The third-order valence-corrected chi connectivity index (χ3v) is 3.97. The minimum atomic E-state index is -0.356. The van der Waals surface area contributed by atoms with Crippen molar-refractivity contribution in [2.45, 2.75) is 45.1 Å². The summed E-state index contributed by atoms with van der Waals surface area (Å²) in [5.74, 6) is 0. The standard InChI is InChI=1S/C16H20N2O/c1-2-16(19)12-7-9-13(10-8-12)18-11-17-14-5-3-4-6-15(14)18/h7-11,16,19H,2-6H2,1H3/t16-/m0/s1. The van der Waals surface area contributed by atoms with Gasteiger partial charge in [-0.2, -0.15) is 0 Å². The van der Waals surface area contributed by atoms with E-state index in [2.05, 4.69) is 21.7 Å². The van der Waals surface area contributed by atoms with E-state index in [0.717, 1.165) is 30.5 Å².